The molecule has 1 aromatic carbocycles. The lowest BCUT2D eigenvalue weighted by atomic mass is 10.0. The van der Waals surface area contributed by atoms with Crippen molar-refractivity contribution in [3.8, 4) is 11.8 Å². The van der Waals surface area contributed by atoms with Crippen LogP contribution in [0.25, 0.3) is 0 Å². The zero-order valence-electron chi connectivity index (χ0n) is 11.4. The van der Waals surface area contributed by atoms with E-state index in [0.717, 1.165) is 0 Å². The van der Waals surface area contributed by atoms with Crippen molar-refractivity contribution in [2.75, 3.05) is 14.2 Å². The topological polar surface area (TPSA) is 82.3 Å². The molecule has 3 N–H and O–H groups in total. The number of halogens is 2. The van der Waals surface area contributed by atoms with E-state index < -0.39 is 11.9 Å². The number of hydrazine groups is 1. The van der Waals surface area contributed by atoms with Gasteiger partial charge in [0.2, 0.25) is 11.8 Å². The summed E-state index contributed by atoms with van der Waals surface area (Å²) in [6.45, 7) is 0. The van der Waals surface area contributed by atoms with Gasteiger partial charge in [-0.05, 0) is 18.2 Å². The van der Waals surface area contributed by atoms with E-state index in [1.165, 1.54) is 38.6 Å². The number of hydrogen-bond donors (Lipinski definition) is 2. The predicted octanol–water partition coefficient (Wildman–Crippen LogP) is 1.84. The number of benzene rings is 1. The van der Waals surface area contributed by atoms with E-state index in [2.05, 4.69) is 15.4 Å². The normalized spacial score (nSPS) is 12.0. The molecule has 112 valence electrons. The van der Waals surface area contributed by atoms with E-state index in [0.29, 0.717) is 10.7 Å². The van der Waals surface area contributed by atoms with E-state index >= 15 is 0 Å². The van der Waals surface area contributed by atoms with Crippen molar-refractivity contribution >= 4 is 11.6 Å². The Labute approximate surface area is 126 Å². The number of ether oxygens (including phenoxy) is 2. The molecule has 8 heteroatoms. The van der Waals surface area contributed by atoms with Gasteiger partial charge in [0.15, 0.2) is 0 Å². The summed E-state index contributed by atoms with van der Waals surface area (Å²) < 4.78 is 24.1. The van der Waals surface area contributed by atoms with Crippen LogP contribution in [0.15, 0.2) is 24.4 Å². The number of nitrogens with zero attached hydrogens (tertiary/aromatic N) is 2. The van der Waals surface area contributed by atoms with Gasteiger partial charge in [0.1, 0.15) is 11.5 Å². The van der Waals surface area contributed by atoms with Crippen LogP contribution in [0.1, 0.15) is 17.3 Å². The highest BCUT2D eigenvalue weighted by molar-refractivity contribution is 6.30. The van der Waals surface area contributed by atoms with Crippen molar-refractivity contribution in [1.29, 1.82) is 0 Å². The molecule has 1 aromatic heterocycles. The van der Waals surface area contributed by atoms with Crippen LogP contribution >= 0.6 is 11.6 Å². The number of nitrogens with one attached hydrogen (secondary N) is 1. The molecule has 0 saturated carbocycles. The monoisotopic (exact) mass is 312 g/mol. The third-order valence-corrected chi connectivity index (χ3v) is 3.09. The molecule has 0 spiro atoms. The number of hydrogen-bond acceptors (Lipinski definition) is 6. The van der Waals surface area contributed by atoms with Gasteiger partial charge in [0.25, 0.3) is 0 Å². The van der Waals surface area contributed by atoms with Crippen molar-refractivity contribution in [2.24, 2.45) is 5.84 Å². The summed E-state index contributed by atoms with van der Waals surface area (Å²) in [4.78, 5) is 8.27. The minimum absolute atomic E-state index is 0.177. The van der Waals surface area contributed by atoms with Gasteiger partial charge < -0.3 is 9.47 Å². The predicted molar refractivity (Wildman–Crippen MR) is 75.7 cm³/mol. The summed E-state index contributed by atoms with van der Waals surface area (Å²) in [5, 5.41) is 0.382. The zero-order valence-corrected chi connectivity index (χ0v) is 12.2. The fraction of sp³-hybridized carbons (Fsp3) is 0.231. The average Bonchev–Trinajstić information content (AvgIpc) is 2.51. The van der Waals surface area contributed by atoms with E-state index in [4.69, 9.17) is 26.9 Å². The third-order valence-electron chi connectivity index (χ3n) is 2.86. The molecular weight excluding hydrogens is 299 g/mol. The van der Waals surface area contributed by atoms with Crippen molar-refractivity contribution in [1.82, 2.24) is 15.4 Å². The molecule has 0 fully saturated rings. The average molecular weight is 313 g/mol. The first kappa shape index (κ1) is 15.4. The van der Waals surface area contributed by atoms with Gasteiger partial charge in [-0.1, -0.05) is 11.6 Å². The Kier molecular flexibility index (Phi) is 4.89. The lowest BCUT2D eigenvalue weighted by Crippen LogP contribution is -2.30. The highest BCUT2D eigenvalue weighted by atomic mass is 35.5. The second-order valence-electron chi connectivity index (χ2n) is 4.07. The van der Waals surface area contributed by atoms with Crippen LogP contribution in [-0.4, -0.2) is 24.2 Å². The van der Waals surface area contributed by atoms with Crippen LogP contribution in [0.4, 0.5) is 4.39 Å². The van der Waals surface area contributed by atoms with E-state index in [1.807, 2.05) is 0 Å². The molecule has 1 heterocycles. The second-order valence-corrected chi connectivity index (χ2v) is 4.51. The van der Waals surface area contributed by atoms with Gasteiger partial charge in [-0.3, -0.25) is 5.84 Å². The third kappa shape index (κ3) is 3.21. The van der Waals surface area contributed by atoms with E-state index in [-0.39, 0.29) is 17.3 Å². The van der Waals surface area contributed by atoms with E-state index in [9.17, 15) is 4.39 Å². The first-order valence-corrected chi connectivity index (χ1v) is 6.34. The summed E-state index contributed by atoms with van der Waals surface area (Å²) in [5.41, 5.74) is 3.05. The van der Waals surface area contributed by atoms with Crippen LogP contribution < -0.4 is 20.7 Å². The molecular formula is C13H14ClFN4O2. The molecule has 1 unspecified atom stereocenters. The fourth-order valence-corrected chi connectivity index (χ4v) is 2.05. The van der Waals surface area contributed by atoms with E-state index in [1.54, 1.807) is 0 Å². The van der Waals surface area contributed by atoms with Gasteiger partial charge in [-0.15, -0.1) is 0 Å². The maximum atomic E-state index is 14.0. The minimum Gasteiger partial charge on any atom is -0.480 e. The van der Waals surface area contributed by atoms with Gasteiger partial charge in [-0.25, -0.2) is 14.8 Å². The maximum absolute atomic E-state index is 14.0. The molecule has 21 heavy (non-hydrogen) atoms. The van der Waals surface area contributed by atoms with Crippen molar-refractivity contribution < 1.29 is 13.9 Å². The van der Waals surface area contributed by atoms with Crippen molar-refractivity contribution in [2.45, 2.75) is 6.04 Å². The smallest absolute Gasteiger partial charge is 0.240 e. The number of aromatic nitrogens is 2. The molecule has 0 amide bonds. The van der Waals surface area contributed by atoms with Crippen LogP contribution in [0, 0.1) is 5.82 Å². The fourth-order valence-electron chi connectivity index (χ4n) is 1.86. The van der Waals surface area contributed by atoms with Gasteiger partial charge >= 0.3 is 0 Å². The maximum Gasteiger partial charge on any atom is 0.240 e. The summed E-state index contributed by atoms with van der Waals surface area (Å²) in [6.07, 6.45) is 1.39. The summed E-state index contributed by atoms with van der Waals surface area (Å²) in [7, 11) is 2.88. The molecule has 6 nitrogen and oxygen atoms in total. The second kappa shape index (κ2) is 6.66. The number of rotatable bonds is 5. The molecule has 0 aliphatic heterocycles. The Balaban J connectivity index is 2.53. The van der Waals surface area contributed by atoms with Crippen molar-refractivity contribution in [3.05, 3.63) is 46.5 Å². The van der Waals surface area contributed by atoms with Gasteiger partial charge in [0, 0.05) is 10.6 Å². The first-order chi connectivity index (χ1) is 10.1. The van der Waals surface area contributed by atoms with Crippen LogP contribution in [0.2, 0.25) is 5.02 Å². The molecule has 0 aliphatic rings. The largest absolute Gasteiger partial charge is 0.480 e. The summed E-state index contributed by atoms with van der Waals surface area (Å²) >= 11 is 5.90. The van der Waals surface area contributed by atoms with Gasteiger partial charge in [-0.2, -0.15) is 4.98 Å². The van der Waals surface area contributed by atoms with Crippen LogP contribution in [0.3, 0.4) is 0 Å². The Hall–Kier alpha value is -1.96. The molecule has 0 aliphatic carbocycles. The Morgan fingerprint density at radius 2 is 2.10 bits per heavy atom. The Bertz CT molecular complexity index is 642. The molecule has 1 atom stereocenters. The molecule has 2 aromatic rings. The van der Waals surface area contributed by atoms with Crippen LogP contribution in [0.5, 0.6) is 11.8 Å². The lowest BCUT2D eigenvalue weighted by molar-refractivity contribution is 0.352. The summed E-state index contributed by atoms with van der Waals surface area (Å²) in [5.74, 6) is 5.52. The van der Waals surface area contributed by atoms with Crippen LogP contribution in [-0.2, 0) is 0 Å². The first-order valence-electron chi connectivity index (χ1n) is 5.96. The SMILES string of the molecule is COc1cnc(C(NN)c2cc(Cl)ccc2F)c(OC)n1. The Morgan fingerprint density at radius 1 is 1.33 bits per heavy atom. The number of methoxy groups -OCH3 is 2. The zero-order chi connectivity index (χ0) is 15.4. The molecule has 0 saturated heterocycles. The molecule has 0 bridgehead atoms. The summed E-state index contributed by atoms with van der Waals surface area (Å²) in [6, 6.07) is 3.40. The quantitative estimate of drug-likeness (QED) is 0.647. The number of nitrogens with two attached hydrogens (primary N) is 1. The lowest BCUT2D eigenvalue weighted by Gasteiger charge is -2.18. The minimum atomic E-state index is -0.767. The molecule has 2 rings (SSSR count). The van der Waals surface area contributed by atoms with Gasteiger partial charge in [0.05, 0.1) is 26.5 Å². The highest BCUT2D eigenvalue weighted by Gasteiger charge is 2.23. The highest BCUT2D eigenvalue weighted by Crippen LogP contribution is 2.30. The van der Waals surface area contributed by atoms with Crippen molar-refractivity contribution in [3.63, 3.8) is 0 Å². The Morgan fingerprint density at radius 3 is 2.71 bits per heavy atom. The molecule has 0 radical (unpaired) electrons. The standard InChI is InChI=1S/C13H14ClFN4O2/c1-20-10-6-17-12(13(18-10)21-2)11(19-16)8-5-7(14)3-4-9(8)15/h3-6,11,19H,16H2,1-2H3.